The van der Waals surface area contributed by atoms with Crippen molar-refractivity contribution in [1.29, 1.82) is 0 Å². The van der Waals surface area contributed by atoms with Gasteiger partial charge in [-0.3, -0.25) is 4.98 Å². The first-order chi connectivity index (χ1) is 7.51. The third-order valence-corrected chi connectivity index (χ3v) is 3.93. The third-order valence-electron chi connectivity index (χ3n) is 2.12. The molecule has 1 atom stereocenters. The largest absolute Gasteiger partial charge is 0.313 e. The minimum atomic E-state index is -2.94. The van der Waals surface area contributed by atoms with Gasteiger partial charge < -0.3 is 5.32 Å². The molecule has 16 heavy (non-hydrogen) atoms. The van der Waals surface area contributed by atoms with Gasteiger partial charge in [-0.1, -0.05) is 6.92 Å². The fourth-order valence-corrected chi connectivity index (χ4v) is 3.13. The number of nitrogens with zero attached hydrogens (tertiary/aromatic N) is 1. The second kappa shape index (κ2) is 6.32. The highest BCUT2D eigenvalue weighted by Crippen LogP contribution is 2.09. The van der Waals surface area contributed by atoms with Crippen LogP contribution in [0.1, 0.15) is 18.2 Å². The number of sulfone groups is 1. The highest BCUT2D eigenvalue weighted by molar-refractivity contribution is 7.90. The standard InChI is InChI=1S/C10H18N2O2S2/c1-3-4-12-9(7-16(2,13)14)5-10-6-11-8-15-10/h6,8-9,12H,3-5,7H2,1-2H3. The summed E-state index contributed by atoms with van der Waals surface area (Å²) in [5.41, 5.74) is 1.77. The van der Waals surface area contributed by atoms with Crippen LogP contribution in [0.15, 0.2) is 11.7 Å². The van der Waals surface area contributed by atoms with Crippen LogP contribution in [0.25, 0.3) is 0 Å². The molecule has 0 spiro atoms. The second-order valence-corrected chi connectivity index (χ2v) is 7.07. The molecule has 4 nitrogen and oxygen atoms in total. The summed E-state index contributed by atoms with van der Waals surface area (Å²) in [4.78, 5) is 5.12. The highest BCUT2D eigenvalue weighted by atomic mass is 32.2. The van der Waals surface area contributed by atoms with E-state index >= 15 is 0 Å². The predicted octanol–water partition coefficient (Wildman–Crippen LogP) is 1.10. The maximum atomic E-state index is 11.3. The van der Waals surface area contributed by atoms with Gasteiger partial charge in [-0.2, -0.15) is 0 Å². The molecule has 1 heterocycles. The molecule has 0 fully saturated rings. The molecule has 0 radical (unpaired) electrons. The molecule has 0 aliphatic heterocycles. The smallest absolute Gasteiger partial charge is 0.148 e. The molecule has 0 aliphatic carbocycles. The van der Waals surface area contributed by atoms with Crippen molar-refractivity contribution >= 4 is 21.2 Å². The normalized spacial score (nSPS) is 13.9. The Balaban J connectivity index is 2.56. The zero-order valence-corrected chi connectivity index (χ0v) is 11.3. The number of hydrogen-bond acceptors (Lipinski definition) is 5. The van der Waals surface area contributed by atoms with E-state index in [1.54, 1.807) is 23.0 Å². The van der Waals surface area contributed by atoms with Crippen molar-refractivity contribution in [3.05, 3.63) is 16.6 Å². The summed E-state index contributed by atoms with van der Waals surface area (Å²) < 4.78 is 22.6. The third kappa shape index (κ3) is 5.58. The van der Waals surface area contributed by atoms with Crippen LogP contribution in [-0.4, -0.2) is 38.0 Å². The molecule has 92 valence electrons. The monoisotopic (exact) mass is 262 g/mol. The molecular formula is C10H18N2O2S2. The summed E-state index contributed by atoms with van der Waals surface area (Å²) in [6.07, 6.45) is 4.81. The van der Waals surface area contributed by atoms with Crippen LogP contribution in [0.4, 0.5) is 0 Å². The molecule has 0 saturated carbocycles. The van der Waals surface area contributed by atoms with Crippen LogP contribution >= 0.6 is 11.3 Å². The van der Waals surface area contributed by atoms with Crippen LogP contribution < -0.4 is 5.32 Å². The molecule has 1 aromatic heterocycles. The molecular weight excluding hydrogens is 244 g/mol. The van der Waals surface area contributed by atoms with Crippen LogP contribution in [0.3, 0.4) is 0 Å². The quantitative estimate of drug-likeness (QED) is 0.799. The molecule has 1 unspecified atom stereocenters. The Bertz CT molecular complexity index is 387. The van der Waals surface area contributed by atoms with E-state index in [2.05, 4.69) is 17.2 Å². The number of nitrogens with one attached hydrogen (secondary N) is 1. The van der Waals surface area contributed by atoms with Gasteiger partial charge in [0.2, 0.25) is 0 Å². The van der Waals surface area contributed by atoms with Crippen molar-refractivity contribution in [1.82, 2.24) is 10.3 Å². The van der Waals surface area contributed by atoms with Crippen molar-refractivity contribution in [2.24, 2.45) is 0 Å². The maximum absolute atomic E-state index is 11.3. The zero-order chi connectivity index (χ0) is 12.0. The van der Waals surface area contributed by atoms with Crippen molar-refractivity contribution in [2.45, 2.75) is 25.8 Å². The summed E-state index contributed by atoms with van der Waals surface area (Å²) in [5, 5.41) is 3.26. The van der Waals surface area contributed by atoms with E-state index in [1.807, 2.05) is 0 Å². The fourth-order valence-electron chi connectivity index (χ4n) is 1.49. The van der Waals surface area contributed by atoms with E-state index < -0.39 is 9.84 Å². The number of aromatic nitrogens is 1. The molecule has 0 saturated heterocycles. The number of thiazole rings is 1. The SMILES string of the molecule is CCCNC(Cc1cncs1)CS(C)(=O)=O. The minimum absolute atomic E-state index is 0.00426. The van der Waals surface area contributed by atoms with Gasteiger partial charge in [-0.25, -0.2) is 8.42 Å². The molecule has 1 rings (SSSR count). The average Bonchev–Trinajstić information content (AvgIpc) is 2.64. The van der Waals surface area contributed by atoms with Crippen LogP contribution in [0.5, 0.6) is 0 Å². The summed E-state index contributed by atoms with van der Waals surface area (Å²) in [6, 6.07) is -0.00426. The highest BCUT2D eigenvalue weighted by Gasteiger charge is 2.15. The fraction of sp³-hybridized carbons (Fsp3) is 0.700. The molecule has 6 heteroatoms. The van der Waals surface area contributed by atoms with Crippen molar-refractivity contribution in [3.63, 3.8) is 0 Å². The number of rotatable bonds is 7. The van der Waals surface area contributed by atoms with Gasteiger partial charge in [0.05, 0.1) is 11.3 Å². The van der Waals surface area contributed by atoms with E-state index in [4.69, 9.17) is 0 Å². The van der Waals surface area contributed by atoms with E-state index in [-0.39, 0.29) is 11.8 Å². The van der Waals surface area contributed by atoms with Gasteiger partial charge in [-0.05, 0) is 19.4 Å². The summed E-state index contributed by atoms with van der Waals surface area (Å²) in [5.74, 6) is 0.185. The van der Waals surface area contributed by atoms with Gasteiger partial charge in [-0.15, -0.1) is 11.3 Å². The Kier molecular flexibility index (Phi) is 5.37. The molecule has 0 aliphatic rings. The Morgan fingerprint density at radius 3 is 2.81 bits per heavy atom. The lowest BCUT2D eigenvalue weighted by Gasteiger charge is -2.16. The Labute approximate surface area is 101 Å². The van der Waals surface area contributed by atoms with Crippen molar-refractivity contribution in [2.75, 3.05) is 18.6 Å². The van der Waals surface area contributed by atoms with E-state index in [0.717, 1.165) is 24.3 Å². The molecule has 0 amide bonds. The average molecular weight is 262 g/mol. The first-order valence-corrected chi connectivity index (χ1v) is 8.23. The predicted molar refractivity (Wildman–Crippen MR) is 67.6 cm³/mol. The molecule has 0 aromatic carbocycles. The van der Waals surface area contributed by atoms with Gasteiger partial charge in [0.1, 0.15) is 9.84 Å². The van der Waals surface area contributed by atoms with E-state index in [0.29, 0.717) is 0 Å². The topological polar surface area (TPSA) is 59.1 Å². The molecule has 1 aromatic rings. The Morgan fingerprint density at radius 1 is 1.56 bits per heavy atom. The summed E-state index contributed by atoms with van der Waals surface area (Å²) in [7, 11) is -2.94. The number of hydrogen-bond donors (Lipinski definition) is 1. The van der Waals surface area contributed by atoms with Crippen LogP contribution in [-0.2, 0) is 16.3 Å². The van der Waals surface area contributed by atoms with Gasteiger partial charge >= 0.3 is 0 Å². The summed E-state index contributed by atoms with van der Waals surface area (Å²) in [6.45, 7) is 2.91. The Morgan fingerprint density at radius 2 is 2.31 bits per heavy atom. The van der Waals surface area contributed by atoms with Gasteiger partial charge in [0.25, 0.3) is 0 Å². The lowest BCUT2D eigenvalue weighted by molar-refractivity contribution is 0.532. The van der Waals surface area contributed by atoms with Gasteiger partial charge in [0.15, 0.2) is 0 Å². The van der Waals surface area contributed by atoms with E-state index in [1.165, 1.54) is 6.26 Å². The second-order valence-electron chi connectivity index (χ2n) is 3.92. The van der Waals surface area contributed by atoms with Crippen LogP contribution in [0.2, 0.25) is 0 Å². The first-order valence-electron chi connectivity index (χ1n) is 5.29. The first kappa shape index (κ1) is 13.6. The Hall–Kier alpha value is -0.460. The van der Waals surface area contributed by atoms with Crippen LogP contribution in [0, 0.1) is 0 Å². The van der Waals surface area contributed by atoms with Crippen molar-refractivity contribution < 1.29 is 8.42 Å². The lowest BCUT2D eigenvalue weighted by atomic mass is 10.2. The minimum Gasteiger partial charge on any atom is -0.313 e. The lowest BCUT2D eigenvalue weighted by Crippen LogP contribution is -2.37. The zero-order valence-electron chi connectivity index (χ0n) is 9.64. The summed E-state index contributed by atoms with van der Waals surface area (Å²) >= 11 is 1.56. The molecule has 1 N–H and O–H groups in total. The molecule has 0 bridgehead atoms. The maximum Gasteiger partial charge on any atom is 0.148 e. The van der Waals surface area contributed by atoms with E-state index in [9.17, 15) is 8.42 Å². The van der Waals surface area contributed by atoms with Crippen molar-refractivity contribution in [3.8, 4) is 0 Å². The van der Waals surface area contributed by atoms with Gasteiger partial charge in [0, 0.05) is 23.4 Å².